The molecule has 96 valence electrons. The fourth-order valence-corrected chi connectivity index (χ4v) is 2.03. The van der Waals surface area contributed by atoms with Gasteiger partial charge in [-0.05, 0) is 18.9 Å². The molecule has 1 rings (SSSR count). The summed E-state index contributed by atoms with van der Waals surface area (Å²) in [7, 11) is 0. The van der Waals surface area contributed by atoms with Crippen molar-refractivity contribution < 1.29 is 0 Å². The molecule has 0 spiro atoms. The second-order valence-electron chi connectivity index (χ2n) is 5.67. The summed E-state index contributed by atoms with van der Waals surface area (Å²) < 4.78 is 0. The normalized spacial score (nSPS) is 13.6. The Kier molecular flexibility index (Phi) is 5.70. The van der Waals surface area contributed by atoms with E-state index in [9.17, 15) is 0 Å². The summed E-state index contributed by atoms with van der Waals surface area (Å²) in [4.78, 5) is 0. The van der Waals surface area contributed by atoms with E-state index in [1.807, 2.05) is 0 Å². The first-order valence-corrected chi connectivity index (χ1v) is 6.85. The maximum absolute atomic E-state index is 3.66. The van der Waals surface area contributed by atoms with E-state index in [0.29, 0.717) is 6.04 Å². The molecular weight excluding hydrogens is 206 g/mol. The lowest BCUT2D eigenvalue weighted by molar-refractivity contribution is 0.411. The third-order valence-electron chi connectivity index (χ3n) is 3.44. The van der Waals surface area contributed by atoms with Crippen LogP contribution >= 0.6 is 0 Å². The second kappa shape index (κ2) is 6.80. The molecule has 0 amide bonds. The molecule has 0 saturated heterocycles. The summed E-state index contributed by atoms with van der Waals surface area (Å²) in [6.45, 7) is 10.2. The Morgan fingerprint density at radius 2 is 1.82 bits per heavy atom. The minimum absolute atomic E-state index is 0.210. The van der Waals surface area contributed by atoms with E-state index < -0.39 is 0 Å². The third kappa shape index (κ3) is 4.91. The van der Waals surface area contributed by atoms with Gasteiger partial charge in [0.05, 0.1) is 0 Å². The molecule has 1 atom stereocenters. The second-order valence-corrected chi connectivity index (χ2v) is 5.67. The van der Waals surface area contributed by atoms with Crippen molar-refractivity contribution in [2.45, 2.75) is 58.4 Å². The Bertz CT molecular complexity index is 303. The molecule has 0 bridgehead atoms. The minimum Gasteiger partial charge on any atom is -0.313 e. The fraction of sp³-hybridized carbons (Fsp3) is 0.625. The summed E-state index contributed by atoms with van der Waals surface area (Å²) >= 11 is 0. The van der Waals surface area contributed by atoms with Crippen LogP contribution in [0.2, 0.25) is 0 Å². The smallest absolute Gasteiger partial charge is 0.00456 e. The molecule has 17 heavy (non-hydrogen) atoms. The van der Waals surface area contributed by atoms with Crippen molar-refractivity contribution in [2.24, 2.45) is 0 Å². The van der Waals surface area contributed by atoms with E-state index in [-0.39, 0.29) is 5.41 Å². The van der Waals surface area contributed by atoms with Crippen molar-refractivity contribution in [1.82, 2.24) is 5.32 Å². The van der Waals surface area contributed by atoms with E-state index >= 15 is 0 Å². The minimum atomic E-state index is 0.210. The lowest BCUT2D eigenvalue weighted by Gasteiger charge is -2.28. The van der Waals surface area contributed by atoms with Gasteiger partial charge in [-0.2, -0.15) is 0 Å². The highest BCUT2D eigenvalue weighted by Crippen LogP contribution is 2.22. The van der Waals surface area contributed by atoms with Gasteiger partial charge in [0.25, 0.3) is 0 Å². The number of hydrogen-bond donors (Lipinski definition) is 1. The summed E-state index contributed by atoms with van der Waals surface area (Å²) in [5.74, 6) is 0. The van der Waals surface area contributed by atoms with Crippen LogP contribution in [0, 0.1) is 0 Å². The van der Waals surface area contributed by atoms with Gasteiger partial charge in [0.1, 0.15) is 0 Å². The Balaban J connectivity index is 2.45. The molecule has 1 nitrogen and oxygen atoms in total. The van der Waals surface area contributed by atoms with E-state index in [2.05, 4.69) is 63.3 Å². The molecule has 0 aliphatic rings. The average Bonchev–Trinajstić information content (AvgIpc) is 2.35. The van der Waals surface area contributed by atoms with Gasteiger partial charge < -0.3 is 5.32 Å². The predicted octanol–water partition coefficient (Wildman–Crippen LogP) is 4.13. The molecule has 0 fully saturated rings. The summed E-state index contributed by atoms with van der Waals surface area (Å²) in [6, 6.07) is 11.4. The molecule has 0 aromatic heterocycles. The van der Waals surface area contributed by atoms with Crippen LogP contribution in [0.1, 0.15) is 52.5 Å². The SMILES string of the molecule is CCCCC(C)NCC(C)(C)c1ccccc1. The molecule has 1 N–H and O–H groups in total. The summed E-state index contributed by atoms with van der Waals surface area (Å²) in [5.41, 5.74) is 1.62. The van der Waals surface area contributed by atoms with Gasteiger partial charge in [-0.25, -0.2) is 0 Å². The number of rotatable bonds is 7. The first-order chi connectivity index (χ1) is 8.06. The van der Waals surface area contributed by atoms with Crippen molar-refractivity contribution in [3.8, 4) is 0 Å². The van der Waals surface area contributed by atoms with E-state index in [0.717, 1.165) is 6.54 Å². The molecule has 0 saturated carbocycles. The lowest BCUT2D eigenvalue weighted by Crippen LogP contribution is -2.37. The van der Waals surface area contributed by atoms with Crippen LogP contribution in [-0.4, -0.2) is 12.6 Å². The monoisotopic (exact) mass is 233 g/mol. The molecule has 1 aromatic carbocycles. The van der Waals surface area contributed by atoms with E-state index in [1.165, 1.54) is 24.8 Å². The first kappa shape index (κ1) is 14.2. The van der Waals surface area contributed by atoms with Gasteiger partial charge in [-0.15, -0.1) is 0 Å². The van der Waals surface area contributed by atoms with Gasteiger partial charge in [0.15, 0.2) is 0 Å². The van der Waals surface area contributed by atoms with Crippen LogP contribution in [0.5, 0.6) is 0 Å². The fourth-order valence-electron chi connectivity index (χ4n) is 2.03. The predicted molar refractivity (Wildman–Crippen MR) is 76.5 cm³/mol. The van der Waals surface area contributed by atoms with Crippen molar-refractivity contribution in [3.63, 3.8) is 0 Å². The Morgan fingerprint density at radius 3 is 2.41 bits per heavy atom. The summed E-state index contributed by atoms with van der Waals surface area (Å²) in [5, 5.41) is 3.66. The van der Waals surface area contributed by atoms with Gasteiger partial charge >= 0.3 is 0 Å². The maximum Gasteiger partial charge on any atom is 0.00456 e. The molecule has 0 heterocycles. The van der Waals surface area contributed by atoms with Gasteiger partial charge in [0, 0.05) is 18.0 Å². The number of unbranched alkanes of at least 4 members (excludes halogenated alkanes) is 1. The Morgan fingerprint density at radius 1 is 1.18 bits per heavy atom. The Labute approximate surface area is 107 Å². The van der Waals surface area contributed by atoms with Crippen LogP contribution in [0.4, 0.5) is 0 Å². The first-order valence-electron chi connectivity index (χ1n) is 6.85. The van der Waals surface area contributed by atoms with Crippen molar-refractivity contribution in [2.75, 3.05) is 6.54 Å². The number of hydrogen-bond acceptors (Lipinski definition) is 1. The Hall–Kier alpha value is -0.820. The molecule has 1 heteroatoms. The van der Waals surface area contributed by atoms with Crippen LogP contribution < -0.4 is 5.32 Å². The number of benzene rings is 1. The highest BCUT2D eigenvalue weighted by Gasteiger charge is 2.20. The highest BCUT2D eigenvalue weighted by atomic mass is 14.9. The zero-order chi connectivity index (χ0) is 12.7. The zero-order valence-corrected chi connectivity index (χ0v) is 11.8. The lowest BCUT2D eigenvalue weighted by atomic mass is 9.84. The maximum atomic E-state index is 3.66. The van der Waals surface area contributed by atoms with Crippen LogP contribution in [0.15, 0.2) is 30.3 Å². The van der Waals surface area contributed by atoms with Crippen molar-refractivity contribution in [3.05, 3.63) is 35.9 Å². The van der Waals surface area contributed by atoms with Crippen molar-refractivity contribution in [1.29, 1.82) is 0 Å². The molecule has 0 radical (unpaired) electrons. The van der Waals surface area contributed by atoms with Gasteiger partial charge in [-0.1, -0.05) is 63.9 Å². The van der Waals surface area contributed by atoms with Crippen LogP contribution in [0.25, 0.3) is 0 Å². The van der Waals surface area contributed by atoms with Crippen LogP contribution in [-0.2, 0) is 5.41 Å². The van der Waals surface area contributed by atoms with Crippen molar-refractivity contribution >= 4 is 0 Å². The summed E-state index contributed by atoms with van der Waals surface area (Å²) in [6.07, 6.45) is 3.88. The van der Waals surface area contributed by atoms with Gasteiger partial charge in [0.2, 0.25) is 0 Å². The largest absolute Gasteiger partial charge is 0.313 e. The highest BCUT2D eigenvalue weighted by molar-refractivity contribution is 5.23. The average molecular weight is 233 g/mol. The number of nitrogens with one attached hydrogen (secondary N) is 1. The molecule has 1 aromatic rings. The van der Waals surface area contributed by atoms with E-state index in [1.54, 1.807) is 0 Å². The zero-order valence-electron chi connectivity index (χ0n) is 11.8. The topological polar surface area (TPSA) is 12.0 Å². The standard InChI is InChI=1S/C16H27N/c1-5-6-10-14(2)17-13-16(3,4)15-11-8-7-9-12-15/h7-9,11-12,14,17H,5-6,10,13H2,1-4H3. The molecule has 0 aliphatic carbocycles. The van der Waals surface area contributed by atoms with Gasteiger partial charge in [-0.3, -0.25) is 0 Å². The van der Waals surface area contributed by atoms with E-state index in [4.69, 9.17) is 0 Å². The quantitative estimate of drug-likeness (QED) is 0.746. The molecular formula is C16H27N. The molecule has 0 aliphatic heterocycles. The van der Waals surface area contributed by atoms with Crippen LogP contribution in [0.3, 0.4) is 0 Å². The third-order valence-corrected chi connectivity index (χ3v) is 3.44. The molecule has 1 unspecified atom stereocenters.